The van der Waals surface area contributed by atoms with Gasteiger partial charge in [0.15, 0.2) is 0 Å². The first-order chi connectivity index (χ1) is 11.6. The third-order valence-corrected chi connectivity index (χ3v) is 4.21. The average molecular weight is 398 g/mol. The van der Waals surface area contributed by atoms with Gasteiger partial charge in [0.05, 0.1) is 6.61 Å². The fourth-order valence-corrected chi connectivity index (χ4v) is 2.83. The van der Waals surface area contributed by atoms with Crippen molar-refractivity contribution >= 4 is 42.1 Å². The molecule has 3 N–H and O–H groups in total. The highest BCUT2D eigenvalue weighted by molar-refractivity contribution is 5.95. The molecule has 0 aliphatic carbocycles. The number of nitrogens with one attached hydrogen (secondary N) is 1. The molecule has 0 bridgehead atoms. The summed E-state index contributed by atoms with van der Waals surface area (Å²) in [6.07, 6.45) is -0.469. The molecule has 26 heavy (non-hydrogen) atoms. The molecule has 0 aromatic heterocycles. The van der Waals surface area contributed by atoms with E-state index in [4.69, 9.17) is 10.5 Å². The summed E-state index contributed by atoms with van der Waals surface area (Å²) in [5.41, 5.74) is 9.39. The van der Waals surface area contributed by atoms with Crippen LogP contribution in [-0.4, -0.2) is 36.6 Å². The SMILES string of the molecule is Cc1ccc(N)cc1NC(=O)C1CN(Cc2ccccc2)CCO1.Cl.Cl. The van der Waals surface area contributed by atoms with Crippen LogP contribution in [0.3, 0.4) is 0 Å². The zero-order chi connectivity index (χ0) is 16.9. The van der Waals surface area contributed by atoms with Crippen molar-refractivity contribution in [2.45, 2.75) is 19.6 Å². The summed E-state index contributed by atoms with van der Waals surface area (Å²) in [7, 11) is 0. The summed E-state index contributed by atoms with van der Waals surface area (Å²) in [6.45, 7) is 4.74. The Labute approximate surface area is 166 Å². The number of halogens is 2. The van der Waals surface area contributed by atoms with Crippen molar-refractivity contribution < 1.29 is 9.53 Å². The number of morpholine rings is 1. The van der Waals surface area contributed by atoms with Gasteiger partial charge in [-0.25, -0.2) is 0 Å². The van der Waals surface area contributed by atoms with Crippen LogP contribution in [0.25, 0.3) is 0 Å². The molecule has 2 aromatic rings. The summed E-state index contributed by atoms with van der Waals surface area (Å²) < 4.78 is 5.67. The van der Waals surface area contributed by atoms with Crippen molar-refractivity contribution in [3.8, 4) is 0 Å². The van der Waals surface area contributed by atoms with E-state index in [1.54, 1.807) is 6.07 Å². The zero-order valence-electron chi connectivity index (χ0n) is 14.7. The minimum Gasteiger partial charge on any atom is -0.399 e. The maximum Gasteiger partial charge on any atom is 0.254 e. The molecule has 1 atom stereocenters. The number of nitrogens with zero attached hydrogens (tertiary/aromatic N) is 1. The number of nitrogen functional groups attached to an aromatic ring is 1. The van der Waals surface area contributed by atoms with Crippen molar-refractivity contribution in [1.82, 2.24) is 4.90 Å². The van der Waals surface area contributed by atoms with Gasteiger partial charge in [-0.15, -0.1) is 24.8 Å². The van der Waals surface area contributed by atoms with Gasteiger partial charge in [0.2, 0.25) is 0 Å². The molecule has 142 valence electrons. The standard InChI is InChI=1S/C19H23N3O2.2ClH/c1-14-7-8-16(20)11-17(14)21-19(23)18-13-22(9-10-24-18)12-15-5-3-2-4-6-15;;/h2-8,11,18H,9-10,12-13,20H2,1H3,(H,21,23);2*1H. The van der Waals surface area contributed by atoms with Crippen molar-refractivity contribution in [2.24, 2.45) is 0 Å². The normalized spacial score (nSPS) is 16.9. The second-order valence-electron chi connectivity index (χ2n) is 6.14. The van der Waals surface area contributed by atoms with E-state index in [0.717, 1.165) is 24.3 Å². The largest absolute Gasteiger partial charge is 0.399 e. The first kappa shape index (κ1) is 22.3. The Morgan fingerprint density at radius 3 is 2.69 bits per heavy atom. The predicted octanol–water partition coefficient (Wildman–Crippen LogP) is 3.26. The molecule has 7 heteroatoms. The lowest BCUT2D eigenvalue weighted by atomic mass is 10.1. The number of ether oxygens (including phenoxy) is 1. The molecule has 2 aromatic carbocycles. The molecule has 0 spiro atoms. The van der Waals surface area contributed by atoms with Gasteiger partial charge < -0.3 is 15.8 Å². The third kappa shape index (κ3) is 5.88. The van der Waals surface area contributed by atoms with Crippen LogP contribution in [0.5, 0.6) is 0 Å². The highest BCUT2D eigenvalue weighted by Crippen LogP contribution is 2.19. The Morgan fingerprint density at radius 1 is 1.23 bits per heavy atom. The van der Waals surface area contributed by atoms with Crippen molar-refractivity contribution in [2.75, 3.05) is 30.7 Å². The minimum absolute atomic E-state index is 0. The second kappa shape index (κ2) is 10.4. The third-order valence-electron chi connectivity index (χ3n) is 4.21. The number of benzene rings is 2. The smallest absolute Gasteiger partial charge is 0.254 e. The second-order valence-corrected chi connectivity index (χ2v) is 6.14. The zero-order valence-corrected chi connectivity index (χ0v) is 16.3. The predicted molar refractivity (Wildman–Crippen MR) is 110 cm³/mol. The van der Waals surface area contributed by atoms with Crippen LogP contribution >= 0.6 is 24.8 Å². The molecular weight excluding hydrogens is 373 g/mol. The number of anilines is 2. The Morgan fingerprint density at radius 2 is 1.96 bits per heavy atom. The van der Waals surface area contributed by atoms with E-state index in [9.17, 15) is 4.79 Å². The van der Waals surface area contributed by atoms with Gasteiger partial charge in [0.1, 0.15) is 6.10 Å². The maximum atomic E-state index is 12.5. The molecule has 0 saturated carbocycles. The van der Waals surface area contributed by atoms with Crippen molar-refractivity contribution in [3.63, 3.8) is 0 Å². The fraction of sp³-hybridized carbons (Fsp3) is 0.316. The maximum absolute atomic E-state index is 12.5. The number of aryl methyl sites for hydroxylation is 1. The number of rotatable bonds is 4. The summed E-state index contributed by atoms with van der Waals surface area (Å²) in [5, 5.41) is 2.93. The molecule has 0 radical (unpaired) electrons. The van der Waals surface area contributed by atoms with Gasteiger partial charge in [0, 0.05) is 31.0 Å². The van der Waals surface area contributed by atoms with Crippen LogP contribution in [0.15, 0.2) is 48.5 Å². The van der Waals surface area contributed by atoms with Crippen LogP contribution in [-0.2, 0) is 16.1 Å². The van der Waals surface area contributed by atoms with E-state index < -0.39 is 6.10 Å². The van der Waals surface area contributed by atoms with E-state index in [-0.39, 0.29) is 30.7 Å². The highest BCUT2D eigenvalue weighted by atomic mass is 35.5. The summed E-state index contributed by atoms with van der Waals surface area (Å²) in [4.78, 5) is 14.8. The summed E-state index contributed by atoms with van der Waals surface area (Å²) >= 11 is 0. The van der Waals surface area contributed by atoms with Crippen LogP contribution in [0.1, 0.15) is 11.1 Å². The molecule has 1 heterocycles. The number of amides is 1. The van der Waals surface area contributed by atoms with Gasteiger partial charge in [-0.3, -0.25) is 9.69 Å². The van der Waals surface area contributed by atoms with Crippen LogP contribution in [0.2, 0.25) is 0 Å². The van der Waals surface area contributed by atoms with Crippen molar-refractivity contribution in [1.29, 1.82) is 0 Å². The number of carbonyl (C=O) groups excluding carboxylic acids is 1. The number of hydrogen-bond donors (Lipinski definition) is 2. The van der Waals surface area contributed by atoms with Crippen LogP contribution in [0.4, 0.5) is 11.4 Å². The molecule has 5 nitrogen and oxygen atoms in total. The Bertz CT molecular complexity index is 713. The van der Waals surface area contributed by atoms with E-state index in [1.165, 1.54) is 5.56 Å². The molecule has 1 aliphatic heterocycles. The van der Waals surface area contributed by atoms with Gasteiger partial charge in [-0.05, 0) is 30.2 Å². The van der Waals surface area contributed by atoms with Gasteiger partial charge >= 0.3 is 0 Å². The van der Waals surface area contributed by atoms with E-state index in [0.29, 0.717) is 18.8 Å². The number of carbonyl (C=O) groups is 1. The average Bonchev–Trinajstić information content (AvgIpc) is 2.59. The monoisotopic (exact) mass is 397 g/mol. The Hall–Kier alpha value is -1.79. The summed E-state index contributed by atoms with van der Waals surface area (Å²) in [5.74, 6) is -0.124. The van der Waals surface area contributed by atoms with Crippen molar-refractivity contribution in [3.05, 3.63) is 59.7 Å². The lowest BCUT2D eigenvalue weighted by Gasteiger charge is -2.32. The number of nitrogens with two attached hydrogens (primary N) is 1. The molecule has 1 unspecified atom stereocenters. The molecule has 3 rings (SSSR count). The molecule has 1 aliphatic rings. The highest BCUT2D eigenvalue weighted by Gasteiger charge is 2.27. The first-order valence-electron chi connectivity index (χ1n) is 8.17. The topological polar surface area (TPSA) is 67.6 Å². The number of hydrogen-bond acceptors (Lipinski definition) is 4. The van der Waals surface area contributed by atoms with E-state index in [1.807, 2.05) is 37.3 Å². The molecule has 1 saturated heterocycles. The fourth-order valence-electron chi connectivity index (χ4n) is 2.83. The lowest BCUT2D eigenvalue weighted by Crippen LogP contribution is -2.47. The lowest BCUT2D eigenvalue weighted by molar-refractivity contribution is -0.133. The van der Waals surface area contributed by atoms with Crippen LogP contribution in [0, 0.1) is 6.92 Å². The van der Waals surface area contributed by atoms with Crippen LogP contribution < -0.4 is 11.1 Å². The Kier molecular flexibility index (Phi) is 8.88. The van der Waals surface area contributed by atoms with E-state index >= 15 is 0 Å². The molecule has 1 amide bonds. The molecular formula is C19H25Cl2N3O2. The van der Waals surface area contributed by atoms with Gasteiger partial charge in [-0.1, -0.05) is 36.4 Å². The van der Waals surface area contributed by atoms with Gasteiger partial charge in [0.25, 0.3) is 5.91 Å². The Balaban J connectivity index is 0.00000169. The van der Waals surface area contributed by atoms with E-state index in [2.05, 4.69) is 22.3 Å². The quantitative estimate of drug-likeness (QED) is 0.776. The first-order valence-corrected chi connectivity index (χ1v) is 8.17. The van der Waals surface area contributed by atoms with Gasteiger partial charge in [-0.2, -0.15) is 0 Å². The summed E-state index contributed by atoms with van der Waals surface area (Å²) in [6, 6.07) is 15.8. The molecule has 1 fully saturated rings. The minimum atomic E-state index is -0.469.